The number of anilines is 3. The molecular weight excluding hydrogens is 581 g/mol. The second-order valence-corrected chi connectivity index (χ2v) is 13.5. The number of fused-ring (bicyclic) bond motifs is 3. The maximum absolute atomic E-state index is 13.8. The molecule has 2 atom stereocenters. The van der Waals surface area contributed by atoms with Gasteiger partial charge in [0.2, 0.25) is 5.91 Å². The lowest BCUT2D eigenvalue weighted by molar-refractivity contribution is -0.111. The zero-order valence-corrected chi connectivity index (χ0v) is 25.6. The number of amides is 1. The normalized spacial score (nSPS) is 23.2. The number of ether oxygens (including phenoxy) is 2. The van der Waals surface area contributed by atoms with Gasteiger partial charge in [0, 0.05) is 42.9 Å². The molecule has 2 N–H and O–H groups in total. The number of hydrogen-bond acceptors (Lipinski definition) is 7. The first-order valence-electron chi connectivity index (χ1n) is 15.9. The van der Waals surface area contributed by atoms with Crippen LogP contribution in [0.5, 0.6) is 5.75 Å². The topological polar surface area (TPSA) is 88.6 Å². The molecule has 3 heterocycles. The van der Waals surface area contributed by atoms with Crippen molar-refractivity contribution in [3.63, 3.8) is 0 Å². The Hall–Kier alpha value is -3.27. The second-order valence-electron chi connectivity index (χ2n) is 13.1. The third-order valence-electron chi connectivity index (χ3n) is 9.76. The van der Waals surface area contributed by atoms with Gasteiger partial charge in [-0.3, -0.25) is 9.69 Å². The van der Waals surface area contributed by atoms with E-state index in [0.29, 0.717) is 70.5 Å². The number of nitrogens with zero attached hydrogens (tertiary/aromatic N) is 3. The molecule has 10 heteroatoms. The van der Waals surface area contributed by atoms with Gasteiger partial charge in [0.1, 0.15) is 23.7 Å². The van der Waals surface area contributed by atoms with Gasteiger partial charge < -0.3 is 20.1 Å². The molecule has 1 aromatic heterocycles. The fraction of sp³-hybridized carbons (Fsp3) is 0.500. The molecule has 2 aliphatic heterocycles. The van der Waals surface area contributed by atoms with E-state index in [0.717, 1.165) is 25.9 Å². The number of halogens is 2. The Morgan fingerprint density at radius 3 is 2.68 bits per heavy atom. The number of nitrogens with one attached hydrogen (secondary N) is 2. The Kier molecular flexibility index (Phi) is 8.44. The Morgan fingerprint density at radius 2 is 1.91 bits per heavy atom. The van der Waals surface area contributed by atoms with E-state index in [1.165, 1.54) is 63.4 Å². The van der Waals surface area contributed by atoms with Crippen LogP contribution in [0.1, 0.15) is 57.8 Å². The van der Waals surface area contributed by atoms with Gasteiger partial charge in [-0.1, -0.05) is 36.9 Å². The molecule has 2 unspecified atom stereocenters. The van der Waals surface area contributed by atoms with Crippen molar-refractivity contribution in [2.24, 2.45) is 11.3 Å². The largest absolute Gasteiger partial charge is 0.491 e. The van der Waals surface area contributed by atoms with Crippen molar-refractivity contribution < 1.29 is 18.7 Å². The van der Waals surface area contributed by atoms with Gasteiger partial charge in [0.25, 0.3) is 0 Å². The number of hydrogen-bond donors (Lipinski definition) is 2. The minimum Gasteiger partial charge on any atom is -0.491 e. The predicted octanol–water partition coefficient (Wildman–Crippen LogP) is 7.26. The van der Waals surface area contributed by atoms with E-state index in [4.69, 9.17) is 21.1 Å². The van der Waals surface area contributed by atoms with Crippen LogP contribution in [0.15, 0.2) is 48.8 Å². The van der Waals surface area contributed by atoms with Crippen molar-refractivity contribution in [1.82, 2.24) is 14.9 Å². The number of rotatable bonds is 9. The van der Waals surface area contributed by atoms with Crippen molar-refractivity contribution in [3.05, 3.63) is 59.7 Å². The highest BCUT2D eigenvalue weighted by atomic mass is 35.5. The van der Waals surface area contributed by atoms with Crippen LogP contribution in [0.25, 0.3) is 10.9 Å². The van der Waals surface area contributed by atoms with Gasteiger partial charge in [-0.15, -0.1) is 0 Å². The highest BCUT2D eigenvalue weighted by Gasteiger charge is 2.44. The second kappa shape index (κ2) is 12.6. The van der Waals surface area contributed by atoms with E-state index in [9.17, 15) is 9.18 Å². The lowest BCUT2D eigenvalue weighted by Gasteiger charge is -2.50. The van der Waals surface area contributed by atoms with Gasteiger partial charge in [0.05, 0.1) is 35.0 Å². The summed E-state index contributed by atoms with van der Waals surface area (Å²) in [6.45, 7) is 3.12. The number of benzene rings is 2. The molecule has 1 amide bonds. The van der Waals surface area contributed by atoms with Crippen molar-refractivity contribution >= 4 is 45.6 Å². The Bertz CT molecular complexity index is 1540. The highest BCUT2D eigenvalue weighted by molar-refractivity contribution is 6.31. The van der Waals surface area contributed by atoms with E-state index in [-0.39, 0.29) is 10.9 Å². The van der Waals surface area contributed by atoms with Crippen LogP contribution in [0, 0.1) is 17.2 Å². The van der Waals surface area contributed by atoms with Crippen LogP contribution in [0.3, 0.4) is 0 Å². The van der Waals surface area contributed by atoms with Crippen LogP contribution in [-0.2, 0) is 9.53 Å². The van der Waals surface area contributed by atoms with Crippen molar-refractivity contribution in [2.45, 2.75) is 70.0 Å². The summed E-state index contributed by atoms with van der Waals surface area (Å²) in [7, 11) is 0. The van der Waals surface area contributed by atoms with E-state index in [1.807, 2.05) is 18.2 Å². The van der Waals surface area contributed by atoms with Gasteiger partial charge in [-0.2, -0.15) is 0 Å². The summed E-state index contributed by atoms with van der Waals surface area (Å²) >= 11 is 6.01. The molecule has 1 spiro atoms. The van der Waals surface area contributed by atoms with Gasteiger partial charge in [-0.05, 0) is 74.1 Å². The molecule has 8 nitrogen and oxygen atoms in total. The molecule has 2 aromatic carbocycles. The lowest BCUT2D eigenvalue weighted by atomic mass is 9.56. The van der Waals surface area contributed by atoms with E-state index in [1.54, 1.807) is 12.1 Å². The number of likely N-dealkylation sites (tertiary alicyclic amines) is 1. The molecule has 0 radical (unpaired) electrons. The zero-order chi connectivity index (χ0) is 30.1. The smallest absolute Gasteiger partial charge is 0.248 e. The van der Waals surface area contributed by atoms with Crippen LogP contribution in [0.2, 0.25) is 5.02 Å². The number of carbonyl (C=O) groups excluding carboxylic acids is 1. The van der Waals surface area contributed by atoms with Crippen molar-refractivity contribution in [1.29, 1.82) is 0 Å². The highest BCUT2D eigenvalue weighted by Crippen LogP contribution is 2.54. The molecule has 2 bridgehead atoms. The number of aromatic nitrogens is 2. The van der Waals surface area contributed by atoms with Crippen LogP contribution < -0.4 is 15.4 Å². The molecule has 4 aliphatic rings. The van der Waals surface area contributed by atoms with E-state index >= 15 is 0 Å². The molecular formula is C34H39ClFN5O3. The third-order valence-corrected chi connectivity index (χ3v) is 10.1. The summed E-state index contributed by atoms with van der Waals surface area (Å²) in [4.78, 5) is 24.4. The first-order chi connectivity index (χ1) is 21.4. The summed E-state index contributed by atoms with van der Waals surface area (Å²) in [5.41, 5.74) is 2.33. The van der Waals surface area contributed by atoms with Crippen LogP contribution in [0.4, 0.5) is 21.6 Å². The maximum Gasteiger partial charge on any atom is 0.248 e. The Labute approximate surface area is 262 Å². The third kappa shape index (κ3) is 6.55. The quantitative estimate of drug-likeness (QED) is 0.244. The summed E-state index contributed by atoms with van der Waals surface area (Å²) in [6.07, 6.45) is 17.0. The summed E-state index contributed by atoms with van der Waals surface area (Å²) in [5, 5.41) is 6.96. The predicted molar refractivity (Wildman–Crippen MR) is 170 cm³/mol. The first-order valence-corrected chi connectivity index (χ1v) is 16.3. The van der Waals surface area contributed by atoms with Crippen LogP contribution in [-0.4, -0.2) is 59.2 Å². The average Bonchev–Trinajstić information content (AvgIpc) is 3.35. The minimum atomic E-state index is -0.494. The summed E-state index contributed by atoms with van der Waals surface area (Å²) in [6, 6.07) is 8.10. The monoisotopic (exact) mass is 619 g/mol. The maximum atomic E-state index is 13.8. The molecule has 2 saturated carbocycles. The number of morpholine rings is 1. The van der Waals surface area contributed by atoms with Crippen molar-refractivity contribution in [3.8, 4) is 5.75 Å². The first kappa shape index (κ1) is 29.4. The standard InChI is InChI=1S/C34H39ClFN5O3/c35-27-13-23(6-9-28(27)36)39-33-26-14-30(40-32(42)5-4-12-41-18-24-7-8-25(19-41)44-24)31(15-29(26)37-21-38-33)43-20-22-16-34(17-22)10-2-1-3-11-34/h4-6,9,13-15,21-22,24-25H,1-3,7-8,10-12,16-20H2,(H,40,42)(H,37,38,39). The number of carbonyl (C=O) groups is 1. The Balaban J connectivity index is 1.09. The average molecular weight is 620 g/mol. The molecule has 4 fully saturated rings. The minimum absolute atomic E-state index is 0.0134. The van der Waals surface area contributed by atoms with Crippen LogP contribution >= 0.6 is 11.6 Å². The molecule has 7 rings (SSSR count). The summed E-state index contributed by atoms with van der Waals surface area (Å²) < 4.78 is 26.1. The summed E-state index contributed by atoms with van der Waals surface area (Å²) in [5.74, 6) is 0.888. The molecule has 44 heavy (non-hydrogen) atoms. The van der Waals surface area contributed by atoms with Crippen molar-refractivity contribution in [2.75, 3.05) is 36.9 Å². The molecule has 2 saturated heterocycles. The van der Waals surface area contributed by atoms with Gasteiger partial charge >= 0.3 is 0 Å². The van der Waals surface area contributed by atoms with E-state index in [2.05, 4.69) is 25.5 Å². The fourth-order valence-electron chi connectivity index (χ4n) is 7.64. The van der Waals surface area contributed by atoms with E-state index < -0.39 is 5.82 Å². The van der Waals surface area contributed by atoms with Gasteiger partial charge in [0.15, 0.2) is 0 Å². The Morgan fingerprint density at radius 1 is 1.11 bits per heavy atom. The lowest BCUT2D eigenvalue weighted by Crippen LogP contribution is -2.42. The fourth-order valence-corrected chi connectivity index (χ4v) is 7.82. The molecule has 2 aliphatic carbocycles. The molecule has 232 valence electrons. The van der Waals surface area contributed by atoms with Gasteiger partial charge in [-0.25, -0.2) is 14.4 Å². The zero-order valence-electron chi connectivity index (χ0n) is 24.9. The molecule has 3 aromatic rings. The SMILES string of the molecule is O=C(C=CCN1CC2CCC(C1)O2)Nc1cc2c(Nc3ccc(F)c(Cl)c3)ncnc2cc1OCC1CC2(CCCCC2)C1.